The van der Waals surface area contributed by atoms with Crippen molar-refractivity contribution in [3.63, 3.8) is 0 Å². The smallest absolute Gasteiger partial charge is 0.0595 e. The molecule has 1 atom stereocenters. The van der Waals surface area contributed by atoms with Crippen LogP contribution in [0.2, 0.25) is 10.0 Å². The van der Waals surface area contributed by atoms with Crippen LogP contribution in [0.4, 0.5) is 0 Å². The Balaban J connectivity index is 1.94. The Hall–Kier alpha value is 0.0900. The van der Waals surface area contributed by atoms with Crippen LogP contribution in [0, 0.1) is 5.92 Å². The number of hydrogen-bond acceptors (Lipinski definition) is 0. The van der Waals surface area contributed by atoms with Crippen molar-refractivity contribution < 1.29 is 0 Å². The Kier molecular flexibility index (Phi) is 6.32. The Morgan fingerprint density at radius 3 is 2.21 bits per heavy atom. The lowest BCUT2D eigenvalue weighted by molar-refractivity contribution is 0.364. The fraction of sp³-hybridized carbons (Fsp3) is 0.625. The standard InChI is InChI=1S/C16H21Cl3/c17-14-9-8-12(11-16(14)19)10-15(18)13-6-4-2-1-3-5-7-13/h8-9,11,13,15H,1-7,10H2. The van der Waals surface area contributed by atoms with Crippen molar-refractivity contribution in [2.75, 3.05) is 0 Å². The van der Waals surface area contributed by atoms with E-state index >= 15 is 0 Å². The Bertz CT molecular complexity index is 395. The van der Waals surface area contributed by atoms with Gasteiger partial charge in [0.05, 0.1) is 10.0 Å². The molecule has 106 valence electrons. The summed E-state index contributed by atoms with van der Waals surface area (Å²) < 4.78 is 0. The highest BCUT2D eigenvalue weighted by atomic mass is 35.5. The predicted molar refractivity (Wildman–Crippen MR) is 85.6 cm³/mol. The van der Waals surface area contributed by atoms with Crippen LogP contribution in [0.25, 0.3) is 0 Å². The monoisotopic (exact) mass is 318 g/mol. The van der Waals surface area contributed by atoms with E-state index < -0.39 is 0 Å². The summed E-state index contributed by atoms with van der Waals surface area (Å²) in [5.74, 6) is 0.649. The second-order valence-electron chi connectivity index (χ2n) is 5.57. The summed E-state index contributed by atoms with van der Waals surface area (Å²) in [6.45, 7) is 0. The molecule has 0 spiro atoms. The highest BCUT2D eigenvalue weighted by Crippen LogP contribution is 2.31. The first-order valence-electron chi connectivity index (χ1n) is 7.25. The van der Waals surface area contributed by atoms with E-state index in [4.69, 9.17) is 34.8 Å². The summed E-state index contributed by atoms with van der Waals surface area (Å²) in [6.07, 6.45) is 10.2. The normalized spacial score (nSPS) is 19.7. The topological polar surface area (TPSA) is 0 Å². The highest BCUT2D eigenvalue weighted by molar-refractivity contribution is 6.42. The molecule has 1 fully saturated rings. The second kappa shape index (κ2) is 7.76. The maximum Gasteiger partial charge on any atom is 0.0595 e. The lowest BCUT2D eigenvalue weighted by atomic mass is 9.86. The molecule has 1 aliphatic rings. The van der Waals surface area contributed by atoms with Crippen LogP contribution in [0.1, 0.15) is 50.5 Å². The third kappa shape index (κ3) is 4.85. The fourth-order valence-corrected chi connectivity index (χ4v) is 3.66. The maximum atomic E-state index is 6.64. The van der Waals surface area contributed by atoms with Gasteiger partial charge in [-0.05, 0) is 42.9 Å². The van der Waals surface area contributed by atoms with Crippen LogP contribution in [0.5, 0.6) is 0 Å². The minimum Gasteiger partial charge on any atom is -0.122 e. The first-order valence-corrected chi connectivity index (χ1v) is 8.44. The van der Waals surface area contributed by atoms with Crippen LogP contribution in [0.3, 0.4) is 0 Å². The average Bonchev–Trinajstić information content (AvgIpc) is 2.33. The molecular weight excluding hydrogens is 299 g/mol. The first-order chi connectivity index (χ1) is 9.16. The molecule has 0 nitrogen and oxygen atoms in total. The quantitative estimate of drug-likeness (QED) is 0.557. The molecular formula is C16H21Cl3. The minimum absolute atomic E-state index is 0.218. The number of hydrogen-bond donors (Lipinski definition) is 0. The van der Waals surface area contributed by atoms with E-state index in [1.54, 1.807) is 0 Å². The number of rotatable bonds is 3. The van der Waals surface area contributed by atoms with Crippen LogP contribution < -0.4 is 0 Å². The molecule has 0 N–H and O–H groups in total. The van der Waals surface area contributed by atoms with Gasteiger partial charge in [-0.2, -0.15) is 0 Å². The molecule has 1 aliphatic carbocycles. The number of halogens is 3. The van der Waals surface area contributed by atoms with Gasteiger partial charge in [-0.1, -0.05) is 61.4 Å². The molecule has 0 aromatic heterocycles. The van der Waals surface area contributed by atoms with E-state index in [9.17, 15) is 0 Å². The van der Waals surface area contributed by atoms with E-state index in [0.717, 1.165) is 6.42 Å². The third-order valence-corrected chi connectivity index (χ3v) is 5.33. The van der Waals surface area contributed by atoms with Crippen molar-refractivity contribution >= 4 is 34.8 Å². The van der Waals surface area contributed by atoms with Gasteiger partial charge in [0.2, 0.25) is 0 Å². The van der Waals surface area contributed by atoms with Crippen molar-refractivity contribution in [1.82, 2.24) is 0 Å². The molecule has 1 aromatic carbocycles. The Morgan fingerprint density at radius 2 is 1.58 bits per heavy atom. The van der Waals surface area contributed by atoms with Crippen LogP contribution in [-0.2, 0) is 6.42 Å². The Morgan fingerprint density at radius 1 is 0.947 bits per heavy atom. The summed E-state index contributed by atoms with van der Waals surface area (Å²) in [7, 11) is 0. The molecule has 1 aromatic rings. The van der Waals surface area contributed by atoms with Gasteiger partial charge in [0.25, 0.3) is 0 Å². The van der Waals surface area contributed by atoms with E-state index in [1.807, 2.05) is 18.2 Å². The molecule has 3 heteroatoms. The van der Waals surface area contributed by atoms with Gasteiger partial charge in [-0.25, -0.2) is 0 Å². The number of benzene rings is 1. The zero-order valence-corrected chi connectivity index (χ0v) is 13.4. The fourth-order valence-electron chi connectivity index (χ4n) is 2.91. The third-order valence-electron chi connectivity index (χ3n) is 4.08. The maximum absolute atomic E-state index is 6.64. The van der Waals surface area contributed by atoms with Crippen molar-refractivity contribution in [3.8, 4) is 0 Å². The molecule has 2 rings (SSSR count). The van der Waals surface area contributed by atoms with Gasteiger partial charge in [0, 0.05) is 5.38 Å². The van der Waals surface area contributed by atoms with E-state index in [0.29, 0.717) is 16.0 Å². The molecule has 19 heavy (non-hydrogen) atoms. The molecule has 0 saturated heterocycles. The second-order valence-corrected chi connectivity index (χ2v) is 6.95. The first kappa shape index (κ1) is 15.5. The summed E-state index contributed by atoms with van der Waals surface area (Å²) >= 11 is 18.6. The number of alkyl halides is 1. The van der Waals surface area contributed by atoms with Gasteiger partial charge >= 0.3 is 0 Å². The largest absolute Gasteiger partial charge is 0.122 e. The van der Waals surface area contributed by atoms with Crippen LogP contribution in [0.15, 0.2) is 18.2 Å². The molecule has 0 aliphatic heterocycles. The van der Waals surface area contributed by atoms with Gasteiger partial charge in [0.1, 0.15) is 0 Å². The average molecular weight is 320 g/mol. The van der Waals surface area contributed by atoms with E-state index in [-0.39, 0.29) is 5.38 Å². The van der Waals surface area contributed by atoms with E-state index in [2.05, 4.69) is 0 Å². The molecule has 0 amide bonds. The molecule has 0 bridgehead atoms. The molecule has 1 saturated carbocycles. The predicted octanol–water partition coefficient (Wildman–Crippen LogP) is 6.50. The van der Waals surface area contributed by atoms with Crippen LogP contribution >= 0.6 is 34.8 Å². The molecule has 0 heterocycles. The zero-order valence-electron chi connectivity index (χ0n) is 11.2. The van der Waals surface area contributed by atoms with Gasteiger partial charge < -0.3 is 0 Å². The lowest BCUT2D eigenvalue weighted by Crippen LogP contribution is -2.18. The summed E-state index contributed by atoms with van der Waals surface area (Å²) in [5, 5.41) is 1.46. The highest BCUT2D eigenvalue weighted by Gasteiger charge is 2.20. The van der Waals surface area contributed by atoms with Crippen molar-refractivity contribution in [2.24, 2.45) is 5.92 Å². The van der Waals surface area contributed by atoms with Gasteiger partial charge in [-0.15, -0.1) is 11.6 Å². The molecule has 1 unspecified atom stereocenters. The zero-order chi connectivity index (χ0) is 13.7. The Labute approximate surface area is 131 Å². The summed E-state index contributed by atoms with van der Waals surface area (Å²) in [5.41, 5.74) is 1.19. The summed E-state index contributed by atoms with van der Waals surface area (Å²) in [6, 6.07) is 5.84. The minimum atomic E-state index is 0.218. The van der Waals surface area contributed by atoms with Crippen molar-refractivity contribution in [3.05, 3.63) is 33.8 Å². The van der Waals surface area contributed by atoms with Gasteiger partial charge in [0.15, 0.2) is 0 Å². The van der Waals surface area contributed by atoms with Crippen molar-refractivity contribution in [1.29, 1.82) is 0 Å². The lowest BCUT2D eigenvalue weighted by Gasteiger charge is -2.24. The molecule has 0 radical (unpaired) electrons. The van der Waals surface area contributed by atoms with E-state index in [1.165, 1.54) is 50.5 Å². The summed E-state index contributed by atoms with van der Waals surface area (Å²) in [4.78, 5) is 0. The van der Waals surface area contributed by atoms with Gasteiger partial charge in [-0.3, -0.25) is 0 Å². The van der Waals surface area contributed by atoms with Crippen molar-refractivity contribution in [2.45, 2.75) is 56.7 Å². The SMILES string of the molecule is Clc1ccc(CC(Cl)C2CCCCCCC2)cc1Cl. The van der Waals surface area contributed by atoms with Crippen LogP contribution in [-0.4, -0.2) is 5.38 Å².